The first kappa shape index (κ1) is 21.4. The van der Waals surface area contributed by atoms with Crippen LogP contribution in [0.5, 0.6) is 5.75 Å². The summed E-state index contributed by atoms with van der Waals surface area (Å²) in [6.45, 7) is 7.90. The van der Waals surface area contributed by atoms with Gasteiger partial charge in [0.15, 0.2) is 0 Å². The van der Waals surface area contributed by atoms with Crippen molar-refractivity contribution in [1.29, 1.82) is 0 Å². The van der Waals surface area contributed by atoms with Crippen molar-refractivity contribution in [1.82, 2.24) is 15.2 Å². The lowest BCUT2D eigenvalue weighted by Gasteiger charge is -2.30. The highest BCUT2D eigenvalue weighted by Crippen LogP contribution is 2.36. The maximum atomic E-state index is 12.4. The van der Waals surface area contributed by atoms with Gasteiger partial charge in [-0.25, -0.2) is 0 Å². The summed E-state index contributed by atoms with van der Waals surface area (Å²) in [5.74, 6) is 0.594. The van der Waals surface area contributed by atoms with Gasteiger partial charge in [0.2, 0.25) is 0 Å². The molecule has 3 aromatic rings. The average molecular weight is 422 g/mol. The molecule has 1 aliphatic rings. The number of fused-ring (bicyclic) bond motifs is 3. The van der Waals surface area contributed by atoms with Crippen LogP contribution < -0.4 is 10.1 Å². The molecule has 0 aliphatic carbocycles. The molecule has 6 nitrogen and oxygen atoms in total. The zero-order chi connectivity index (χ0) is 21.8. The van der Waals surface area contributed by atoms with Crippen LogP contribution in [-0.4, -0.2) is 55.2 Å². The van der Waals surface area contributed by atoms with E-state index < -0.39 is 6.04 Å². The summed E-state index contributed by atoms with van der Waals surface area (Å²) in [7, 11) is 1.44. The summed E-state index contributed by atoms with van der Waals surface area (Å²) >= 11 is 0. The van der Waals surface area contributed by atoms with E-state index in [1.54, 1.807) is 0 Å². The van der Waals surface area contributed by atoms with E-state index in [4.69, 9.17) is 9.47 Å². The van der Waals surface area contributed by atoms with Gasteiger partial charge in [-0.3, -0.25) is 10.1 Å². The molecule has 2 N–H and O–H groups in total. The number of aromatic amines is 1. The number of benzene rings is 2. The summed E-state index contributed by atoms with van der Waals surface area (Å²) in [5, 5.41) is 4.64. The van der Waals surface area contributed by atoms with Gasteiger partial charge in [-0.05, 0) is 42.4 Å². The Labute approximate surface area is 183 Å². The van der Waals surface area contributed by atoms with Gasteiger partial charge in [0, 0.05) is 29.6 Å². The van der Waals surface area contributed by atoms with E-state index in [1.165, 1.54) is 12.7 Å². The molecule has 2 heterocycles. The summed E-state index contributed by atoms with van der Waals surface area (Å²) in [5.41, 5.74) is 4.41. The Morgan fingerprint density at radius 2 is 1.94 bits per heavy atom. The Morgan fingerprint density at radius 1 is 1.13 bits per heavy atom. The number of nitrogens with zero attached hydrogens (tertiary/aromatic N) is 1. The van der Waals surface area contributed by atoms with Crippen LogP contribution >= 0.6 is 0 Å². The van der Waals surface area contributed by atoms with Gasteiger partial charge in [0.25, 0.3) is 0 Å². The van der Waals surface area contributed by atoms with Crippen molar-refractivity contribution in [2.24, 2.45) is 0 Å². The van der Waals surface area contributed by atoms with Crippen LogP contribution in [0.25, 0.3) is 10.9 Å². The Kier molecular flexibility index (Phi) is 6.59. The fraction of sp³-hybridized carbons (Fsp3) is 0.400. The first-order chi connectivity index (χ1) is 15.1. The van der Waals surface area contributed by atoms with Crippen LogP contribution in [0.3, 0.4) is 0 Å². The number of carbonyl (C=O) groups excluding carboxylic acids is 1. The van der Waals surface area contributed by atoms with Crippen LogP contribution in [0.4, 0.5) is 0 Å². The third kappa shape index (κ3) is 4.45. The van der Waals surface area contributed by atoms with Crippen molar-refractivity contribution in [3.05, 3.63) is 65.4 Å². The van der Waals surface area contributed by atoms with Crippen LogP contribution in [0.1, 0.15) is 36.7 Å². The molecular formula is C25H31N3O3. The summed E-state index contributed by atoms with van der Waals surface area (Å²) < 4.78 is 11.1. The first-order valence-electron chi connectivity index (χ1n) is 11.0. The van der Waals surface area contributed by atoms with Crippen molar-refractivity contribution >= 4 is 16.9 Å². The van der Waals surface area contributed by atoms with Crippen LogP contribution in [0, 0.1) is 0 Å². The second-order valence-electron chi connectivity index (χ2n) is 7.89. The monoisotopic (exact) mass is 421 g/mol. The van der Waals surface area contributed by atoms with E-state index in [-0.39, 0.29) is 12.0 Å². The number of rotatable bonds is 8. The molecule has 0 saturated carbocycles. The normalized spacial score (nSPS) is 18.2. The number of H-pyrrole nitrogens is 1. The van der Waals surface area contributed by atoms with E-state index in [0.29, 0.717) is 13.0 Å². The maximum Gasteiger partial charge on any atom is 0.323 e. The molecular weight excluding hydrogens is 390 g/mol. The number of likely N-dealkylation sites (N-methyl/N-ethyl adjacent to an activating group) is 1. The van der Waals surface area contributed by atoms with E-state index in [2.05, 4.69) is 53.3 Å². The lowest BCUT2D eigenvalue weighted by atomic mass is 9.90. The smallest absolute Gasteiger partial charge is 0.323 e. The number of nitrogens with one attached hydrogen (secondary N) is 2. The first-order valence-corrected chi connectivity index (χ1v) is 11.0. The average Bonchev–Trinajstić information content (AvgIpc) is 3.19. The number of ether oxygens (including phenoxy) is 2. The molecule has 1 aliphatic heterocycles. The van der Waals surface area contributed by atoms with Gasteiger partial charge in [-0.2, -0.15) is 0 Å². The second-order valence-corrected chi connectivity index (χ2v) is 7.89. The second kappa shape index (κ2) is 9.54. The molecule has 0 bridgehead atoms. The number of aromatic nitrogens is 1. The van der Waals surface area contributed by atoms with Gasteiger partial charge in [-0.15, -0.1) is 0 Å². The quantitative estimate of drug-likeness (QED) is 0.544. The van der Waals surface area contributed by atoms with Gasteiger partial charge >= 0.3 is 5.97 Å². The van der Waals surface area contributed by atoms with E-state index >= 15 is 0 Å². The molecule has 31 heavy (non-hydrogen) atoms. The molecule has 164 valence electrons. The van der Waals surface area contributed by atoms with E-state index in [0.717, 1.165) is 47.5 Å². The van der Waals surface area contributed by atoms with Crippen molar-refractivity contribution < 1.29 is 14.3 Å². The van der Waals surface area contributed by atoms with Gasteiger partial charge in [0.05, 0.1) is 13.2 Å². The summed E-state index contributed by atoms with van der Waals surface area (Å²) in [6, 6.07) is 15.8. The number of carbonyl (C=O) groups is 1. The molecule has 2 unspecified atom stereocenters. The number of methoxy groups -OCH3 is 1. The van der Waals surface area contributed by atoms with E-state index in [9.17, 15) is 4.79 Å². The number of esters is 1. The zero-order valence-corrected chi connectivity index (χ0v) is 18.5. The number of hydrogen-bond acceptors (Lipinski definition) is 5. The highest BCUT2D eigenvalue weighted by molar-refractivity contribution is 5.87. The fourth-order valence-electron chi connectivity index (χ4n) is 4.41. The van der Waals surface area contributed by atoms with Gasteiger partial charge < -0.3 is 19.4 Å². The molecule has 2 atom stereocenters. The molecule has 0 spiro atoms. The predicted molar refractivity (Wildman–Crippen MR) is 123 cm³/mol. The largest absolute Gasteiger partial charge is 0.492 e. The standard InChI is InChI=1S/C25H31N3O3/c1-4-28(5-2)13-14-31-18-10-8-9-17(15-18)23-24-20(16-22(27-23)25(29)30-3)19-11-6-7-12-21(19)26-24/h6-12,15,22-23,26-27H,4-5,13-14,16H2,1-3H3. The van der Waals surface area contributed by atoms with Crippen molar-refractivity contribution in [2.45, 2.75) is 32.4 Å². The molecule has 6 heteroatoms. The Morgan fingerprint density at radius 3 is 2.71 bits per heavy atom. The number of hydrogen-bond donors (Lipinski definition) is 2. The molecule has 1 aromatic heterocycles. The number of para-hydroxylation sites is 1. The van der Waals surface area contributed by atoms with Gasteiger partial charge in [-0.1, -0.05) is 44.2 Å². The lowest BCUT2D eigenvalue weighted by Crippen LogP contribution is -2.45. The van der Waals surface area contributed by atoms with E-state index in [1.807, 2.05) is 24.3 Å². The predicted octanol–water partition coefficient (Wildman–Crippen LogP) is 3.67. The molecule has 0 saturated heterocycles. The minimum absolute atomic E-state index is 0.147. The summed E-state index contributed by atoms with van der Waals surface area (Å²) in [6.07, 6.45) is 0.600. The highest BCUT2D eigenvalue weighted by Gasteiger charge is 2.34. The molecule has 0 radical (unpaired) electrons. The molecule has 0 fully saturated rings. The fourth-order valence-corrected chi connectivity index (χ4v) is 4.41. The van der Waals surface area contributed by atoms with Crippen molar-refractivity contribution in [3.63, 3.8) is 0 Å². The maximum absolute atomic E-state index is 12.4. The van der Waals surface area contributed by atoms with Crippen LogP contribution in [-0.2, 0) is 16.0 Å². The Hall–Kier alpha value is -2.83. The minimum atomic E-state index is -0.394. The topological polar surface area (TPSA) is 66.6 Å². The van der Waals surface area contributed by atoms with Crippen molar-refractivity contribution in [3.8, 4) is 5.75 Å². The minimum Gasteiger partial charge on any atom is -0.492 e. The molecule has 4 rings (SSSR count). The third-order valence-electron chi connectivity index (χ3n) is 6.16. The highest BCUT2D eigenvalue weighted by atomic mass is 16.5. The summed E-state index contributed by atoms with van der Waals surface area (Å²) in [4.78, 5) is 18.3. The third-order valence-corrected chi connectivity index (χ3v) is 6.16. The SMILES string of the molecule is CCN(CC)CCOc1cccc(C2NC(C(=O)OC)Cc3c2[nH]c2ccccc32)c1. The van der Waals surface area contributed by atoms with Gasteiger partial charge in [0.1, 0.15) is 18.4 Å². The Balaban J connectivity index is 1.63. The molecule has 2 aromatic carbocycles. The molecule has 0 amide bonds. The van der Waals surface area contributed by atoms with Crippen molar-refractivity contribution in [2.75, 3.05) is 33.4 Å². The van der Waals surface area contributed by atoms with Crippen LogP contribution in [0.15, 0.2) is 48.5 Å². The lowest BCUT2D eigenvalue weighted by molar-refractivity contribution is -0.143. The zero-order valence-electron chi connectivity index (χ0n) is 18.5. The Bertz CT molecular complexity index is 1040. The van der Waals surface area contributed by atoms with Crippen LogP contribution in [0.2, 0.25) is 0 Å².